The molecule has 1 atom stereocenters. The molecule has 27 heavy (non-hydrogen) atoms. The van der Waals surface area contributed by atoms with Gasteiger partial charge in [0, 0.05) is 11.6 Å². The second-order valence-corrected chi connectivity index (χ2v) is 5.88. The van der Waals surface area contributed by atoms with Crippen molar-refractivity contribution in [3.05, 3.63) is 57.6 Å². The number of benzene rings is 1. The zero-order valence-corrected chi connectivity index (χ0v) is 14.4. The maximum Gasteiger partial charge on any atom is 0.418 e. The molecule has 0 amide bonds. The number of carbonyl (C=O) groups is 1. The molecule has 0 aliphatic rings. The average Bonchev–Trinajstić information content (AvgIpc) is 2.51. The summed E-state index contributed by atoms with van der Waals surface area (Å²) in [6.45, 7) is 4.38. The number of hydrogen-bond acceptors (Lipinski definition) is 4. The van der Waals surface area contributed by atoms with E-state index in [1.807, 2.05) is 0 Å². The Labute approximate surface area is 154 Å². The van der Waals surface area contributed by atoms with Gasteiger partial charge in [-0.2, -0.15) is 23.0 Å². The van der Waals surface area contributed by atoms with Crippen LogP contribution in [0.4, 0.5) is 17.6 Å². The molecule has 0 bridgehead atoms. The highest BCUT2D eigenvalue weighted by Crippen LogP contribution is 2.32. The zero-order chi connectivity index (χ0) is 20.5. The second-order valence-electron chi connectivity index (χ2n) is 5.47. The predicted octanol–water partition coefficient (Wildman–Crippen LogP) is 3.41. The largest absolute Gasteiger partial charge is 0.488 e. The van der Waals surface area contributed by atoms with Crippen LogP contribution in [0, 0.1) is 19.7 Å². The predicted molar refractivity (Wildman–Crippen MR) is 86.6 cm³/mol. The van der Waals surface area contributed by atoms with Crippen LogP contribution in [-0.2, 0) is 11.0 Å². The van der Waals surface area contributed by atoms with E-state index in [0.29, 0.717) is 10.9 Å². The summed E-state index contributed by atoms with van der Waals surface area (Å²) in [5.41, 5.74) is -3.61. The molecule has 0 saturated carbocycles. The van der Waals surface area contributed by atoms with Crippen molar-refractivity contribution in [1.82, 2.24) is 9.78 Å². The van der Waals surface area contributed by atoms with Gasteiger partial charge in [0.2, 0.25) is 0 Å². The van der Waals surface area contributed by atoms with Gasteiger partial charge in [0.1, 0.15) is 17.5 Å². The van der Waals surface area contributed by atoms with E-state index in [2.05, 4.69) is 12.0 Å². The fourth-order valence-electron chi connectivity index (χ4n) is 2.18. The first kappa shape index (κ1) is 20.7. The Balaban J connectivity index is 2.53. The molecule has 11 heteroatoms. The normalized spacial score (nSPS) is 12.7. The topological polar surface area (TPSA) is 81.4 Å². The van der Waals surface area contributed by atoms with Crippen molar-refractivity contribution in [3.63, 3.8) is 0 Å². The van der Waals surface area contributed by atoms with Gasteiger partial charge in [-0.25, -0.2) is 4.39 Å². The number of hydrogen-bond donors (Lipinski definition) is 1. The average molecular weight is 408 g/mol. The summed E-state index contributed by atoms with van der Waals surface area (Å²) in [5.74, 6) is -2.45. The summed E-state index contributed by atoms with van der Waals surface area (Å²) in [7, 11) is 0. The van der Waals surface area contributed by atoms with Gasteiger partial charge in [-0.1, -0.05) is 11.6 Å². The Morgan fingerprint density at radius 1 is 1.44 bits per heavy atom. The van der Waals surface area contributed by atoms with Gasteiger partial charge in [-0.15, -0.1) is 0 Å². The smallest absolute Gasteiger partial charge is 0.418 e. The lowest BCUT2D eigenvalue weighted by molar-refractivity contribution is -0.139. The maximum absolute atomic E-state index is 14.2. The number of carboxylic acid groups (broad SMARTS) is 1. The summed E-state index contributed by atoms with van der Waals surface area (Å²) in [6.07, 6.45) is -5.96. The summed E-state index contributed by atoms with van der Waals surface area (Å²) >= 11 is 5.83. The van der Waals surface area contributed by atoms with E-state index < -0.39 is 52.9 Å². The third-order valence-corrected chi connectivity index (χ3v) is 3.75. The highest BCUT2D eigenvalue weighted by molar-refractivity contribution is 6.32. The van der Waals surface area contributed by atoms with E-state index in [0.717, 1.165) is 19.1 Å². The van der Waals surface area contributed by atoms with Gasteiger partial charge in [0.25, 0.3) is 5.56 Å². The lowest BCUT2D eigenvalue weighted by Crippen LogP contribution is -2.28. The quantitative estimate of drug-likeness (QED) is 0.768. The first-order valence-electron chi connectivity index (χ1n) is 7.29. The highest BCUT2D eigenvalue weighted by Gasteiger charge is 2.34. The van der Waals surface area contributed by atoms with E-state index in [1.54, 1.807) is 0 Å². The maximum atomic E-state index is 14.2. The summed E-state index contributed by atoms with van der Waals surface area (Å²) in [6, 6.07) is 1.69. The molecule has 1 N–H and O–H groups in total. The van der Waals surface area contributed by atoms with Crippen LogP contribution in [0.15, 0.2) is 23.1 Å². The van der Waals surface area contributed by atoms with Crippen molar-refractivity contribution < 1.29 is 32.2 Å². The second kappa shape index (κ2) is 7.55. The fourth-order valence-corrected chi connectivity index (χ4v) is 2.38. The first-order chi connectivity index (χ1) is 12.4. The molecule has 1 aromatic carbocycles. The number of halogens is 5. The monoisotopic (exact) mass is 407 g/mol. The Morgan fingerprint density at radius 2 is 2.07 bits per heavy atom. The third-order valence-electron chi connectivity index (χ3n) is 3.45. The molecular weight excluding hydrogens is 396 g/mol. The van der Waals surface area contributed by atoms with E-state index in [1.165, 1.54) is 0 Å². The van der Waals surface area contributed by atoms with Gasteiger partial charge >= 0.3 is 12.1 Å². The number of rotatable bonds is 5. The number of carboxylic acids is 1. The SMILES string of the molecule is [CH2]C(CC(=O)O)Oc1cc(-n2ncc(C(F)(F)F)c(C)c2=O)c(F)cc1Cl. The minimum atomic E-state index is -4.79. The molecule has 0 saturated heterocycles. The highest BCUT2D eigenvalue weighted by atomic mass is 35.5. The Hall–Kier alpha value is -2.62. The van der Waals surface area contributed by atoms with Crippen molar-refractivity contribution in [1.29, 1.82) is 0 Å². The molecule has 1 unspecified atom stereocenters. The molecule has 0 fully saturated rings. The molecule has 0 aliphatic carbocycles. The van der Waals surface area contributed by atoms with Crippen LogP contribution in [-0.4, -0.2) is 27.0 Å². The molecule has 0 spiro atoms. The summed E-state index contributed by atoms with van der Waals surface area (Å²) in [5, 5.41) is 11.8. The number of aromatic nitrogens is 2. The fraction of sp³-hybridized carbons (Fsp3) is 0.250. The van der Waals surface area contributed by atoms with Crippen molar-refractivity contribution >= 4 is 17.6 Å². The van der Waals surface area contributed by atoms with Crippen molar-refractivity contribution in [2.24, 2.45) is 0 Å². The van der Waals surface area contributed by atoms with E-state index >= 15 is 0 Å². The standard InChI is InChI=1S/C16H12ClF4N2O4/c1-7(3-14(24)25)27-13-5-12(11(18)4-10(13)17)23-15(26)8(2)9(6-22-23)16(19,20)21/h4-7H,1,3H2,2H3,(H,24,25). The minimum absolute atomic E-state index is 0.208. The lowest BCUT2D eigenvalue weighted by atomic mass is 10.2. The van der Waals surface area contributed by atoms with Crippen LogP contribution in [0.25, 0.3) is 5.69 Å². The molecule has 1 heterocycles. The van der Waals surface area contributed by atoms with Gasteiger partial charge in [-0.3, -0.25) is 9.59 Å². The molecule has 0 aliphatic heterocycles. The van der Waals surface area contributed by atoms with Gasteiger partial charge in [-0.05, 0) is 19.9 Å². The van der Waals surface area contributed by atoms with Crippen LogP contribution >= 0.6 is 11.6 Å². The van der Waals surface area contributed by atoms with Gasteiger partial charge in [0.05, 0.1) is 23.2 Å². The van der Waals surface area contributed by atoms with Gasteiger partial charge in [0.15, 0.2) is 5.82 Å². The third kappa shape index (κ3) is 4.57. The van der Waals surface area contributed by atoms with E-state index in [9.17, 15) is 27.2 Å². The molecule has 1 radical (unpaired) electrons. The van der Waals surface area contributed by atoms with Crippen molar-refractivity contribution in [2.45, 2.75) is 25.6 Å². The van der Waals surface area contributed by atoms with E-state index in [4.69, 9.17) is 21.4 Å². The number of nitrogens with zero attached hydrogens (tertiary/aromatic N) is 2. The Morgan fingerprint density at radius 3 is 2.63 bits per heavy atom. The number of alkyl halides is 3. The molecular formula is C16H12ClF4N2O4. The molecule has 2 rings (SSSR count). The molecule has 145 valence electrons. The first-order valence-corrected chi connectivity index (χ1v) is 7.66. The molecule has 2 aromatic rings. The number of aliphatic carboxylic acids is 1. The van der Waals surface area contributed by atoms with Crippen molar-refractivity contribution in [3.8, 4) is 11.4 Å². The molecule has 1 aromatic heterocycles. The van der Waals surface area contributed by atoms with Crippen LogP contribution in [0.5, 0.6) is 5.75 Å². The lowest BCUT2D eigenvalue weighted by Gasteiger charge is -2.16. The van der Waals surface area contributed by atoms with Crippen LogP contribution in [0.1, 0.15) is 17.5 Å². The van der Waals surface area contributed by atoms with Gasteiger partial charge < -0.3 is 9.84 Å². The minimum Gasteiger partial charge on any atom is -0.488 e. The van der Waals surface area contributed by atoms with E-state index in [-0.39, 0.29) is 10.8 Å². The summed E-state index contributed by atoms with van der Waals surface area (Å²) < 4.78 is 58.4. The molecule has 6 nitrogen and oxygen atoms in total. The number of ether oxygens (including phenoxy) is 1. The van der Waals surface area contributed by atoms with Crippen molar-refractivity contribution in [2.75, 3.05) is 0 Å². The zero-order valence-electron chi connectivity index (χ0n) is 13.7. The summed E-state index contributed by atoms with van der Waals surface area (Å²) in [4.78, 5) is 22.9. The van der Waals surface area contributed by atoms with Crippen LogP contribution < -0.4 is 10.3 Å². The van der Waals surface area contributed by atoms with Crippen LogP contribution in [0.2, 0.25) is 5.02 Å². The van der Waals surface area contributed by atoms with Crippen LogP contribution in [0.3, 0.4) is 0 Å². The Bertz CT molecular complexity index is 943. The Kier molecular flexibility index (Phi) is 5.79.